The molecule has 0 rings (SSSR count). The van der Waals surface area contributed by atoms with Crippen LogP contribution in [0.15, 0.2) is 0 Å². The SMILES string of the molecule is O=S.[Gd].[Pr]. The van der Waals surface area contributed by atoms with Gasteiger partial charge in [-0.05, 0) is 0 Å². The maximum absolute atomic E-state index is 7.83. The van der Waals surface area contributed by atoms with Gasteiger partial charge in [-0.1, -0.05) is 0 Å². The minimum absolute atomic E-state index is 0. The van der Waals surface area contributed by atoms with Crippen molar-refractivity contribution in [2.24, 2.45) is 0 Å². The van der Waals surface area contributed by atoms with E-state index in [4.69, 9.17) is 4.21 Å². The summed E-state index contributed by atoms with van der Waals surface area (Å²) in [6, 6.07) is 0. The van der Waals surface area contributed by atoms with E-state index < -0.39 is 0 Å². The van der Waals surface area contributed by atoms with Gasteiger partial charge >= 0.3 is 0 Å². The molecule has 0 fully saturated rings. The molecule has 0 amide bonds. The van der Waals surface area contributed by atoms with Crippen molar-refractivity contribution in [3.8, 4) is 0 Å². The Hall–Kier alpha value is 2.71. The van der Waals surface area contributed by atoms with Crippen LogP contribution in [0.2, 0.25) is 0 Å². The molecule has 4 heteroatoms. The van der Waals surface area contributed by atoms with Crippen LogP contribution in [0.3, 0.4) is 0 Å². The van der Waals surface area contributed by atoms with Crippen LogP contribution in [0.1, 0.15) is 0 Å². The van der Waals surface area contributed by atoms with Gasteiger partial charge in [0.05, 0.1) is 0 Å². The Kier molecular flexibility index (Phi) is 68.6. The molecule has 0 aromatic heterocycles. The predicted molar refractivity (Wildman–Crippen MR) is 8.14 cm³/mol. The Balaban J connectivity index is -0.00000000500. The molecule has 0 aromatic rings. The van der Waals surface area contributed by atoms with E-state index in [1.165, 1.54) is 0 Å². The van der Waals surface area contributed by atoms with Crippen LogP contribution in [-0.4, -0.2) is 4.21 Å². The second-order valence-electron chi connectivity index (χ2n) is 0. The minimum atomic E-state index is 0. The fourth-order valence-electron chi connectivity index (χ4n) is 0. The van der Waals surface area contributed by atoms with Crippen molar-refractivity contribution in [3.05, 3.63) is 0 Å². The number of rotatable bonds is 0. The van der Waals surface area contributed by atoms with Crippen LogP contribution in [-0.2, 0) is 12.5 Å². The van der Waals surface area contributed by atoms with E-state index in [-0.39, 0.29) is 81.2 Å². The summed E-state index contributed by atoms with van der Waals surface area (Å²) in [6.07, 6.45) is 0. The van der Waals surface area contributed by atoms with Gasteiger partial charge in [-0.15, -0.1) is 0 Å². The van der Waals surface area contributed by atoms with Gasteiger partial charge in [0.2, 0.25) is 0 Å². The summed E-state index contributed by atoms with van der Waals surface area (Å²) in [6.45, 7) is 0. The molecule has 4 heavy (non-hydrogen) atoms. The fraction of sp³-hybridized carbons (Fsp3) is 0. The zero-order valence-electron chi connectivity index (χ0n) is 1.75. The molecule has 0 saturated heterocycles. The Morgan fingerprint density at radius 2 is 1.25 bits per heavy atom. The first-order valence-corrected chi connectivity index (χ1v) is 0.500. The standard InChI is InChI=1S/Gd.OS.Pr/c;1-2;. The van der Waals surface area contributed by atoms with E-state index >= 15 is 0 Å². The minimum Gasteiger partial charge on any atom is -0.197 e. The van der Waals surface area contributed by atoms with Crippen molar-refractivity contribution in [2.75, 3.05) is 0 Å². The average molecular weight is 346 g/mol. The third-order valence-electron chi connectivity index (χ3n) is 0. The summed E-state index contributed by atoms with van der Waals surface area (Å²) in [7, 11) is 0. The summed E-state index contributed by atoms with van der Waals surface area (Å²) >= 11 is 2.83. The maximum Gasteiger partial charge on any atom is 0.197 e. The monoisotopic (exact) mass is 347 g/mol. The molecule has 0 aliphatic carbocycles. The molecule has 0 saturated carbocycles. The second-order valence-corrected chi connectivity index (χ2v) is 0. The molecular formula is GdOPrS. The quantitative estimate of drug-likeness (QED) is 0.597. The maximum atomic E-state index is 7.83. The van der Waals surface area contributed by atoms with Crippen molar-refractivity contribution < 1.29 is 85.4 Å². The number of hydrogen-bond donors (Lipinski definition) is 0. The zero-order chi connectivity index (χ0) is 2.00. The average Bonchev–Trinajstić information content (AvgIpc) is 1.00. The van der Waals surface area contributed by atoms with Gasteiger partial charge in [0.25, 0.3) is 0 Å². The van der Waals surface area contributed by atoms with Crippen LogP contribution >= 0.6 is 0 Å². The topological polar surface area (TPSA) is 17.1 Å². The molecule has 0 aliphatic heterocycles. The van der Waals surface area contributed by atoms with Crippen molar-refractivity contribution in [3.63, 3.8) is 0 Å². The molecule has 1 nitrogen and oxygen atoms in total. The molecule has 0 atom stereocenters. The predicted octanol–water partition coefficient (Wildman–Crippen LogP) is -0.336. The van der Waals surface area contributed by atoms with Gasteiger partial charge in [-0.2, -0.15) is 4.21 Å². The van der Waals surface area contributed by atoms with E-state index in [9.17, 15) is 0 Å². The summed E-state index contributed by atoms with van der Waals surface area (Å²) in [4.78, 5) is 0. The molecule has 1 radical (unpaired) electrons. The van der Waals surface area contributed by atoms with E-state index in [0.29, 0.717) is 0 Å². The van der Waals surface area contributed by atoms with Crippen LogP contribution in [0.5, 0.6) is 0 Å². The first-order valence-electron chi connectivity index (χ1n) is 0.167. The summed E-state index contributed by atoms with van der Waals surface area (Å²) in [5.41, 5.74) is 0. The van der Waals surface area contributed by atoms with Gasteiger partial charge < -0.3 is 0 Å². The molecule has 0 heterocycles. The molecular weight excluding hydrogens is 346 g/mol. The van der Waals surface area contributed by atoms with Crippen molar-refractivity contribution in [1.82, 2.24) is 0 Å². The van der Waals surface area contributed by atoms with Crippen LogP contribution in [0.25, 0.3) is 0 Å². The molecule has 0 unspecified atom stereocenters. The Labute approximate surface area is 95.5 Å². The molecule has 0 bridgehead atoms. The molecule has 0 spiro atoms. The van der Waals surface area contributed by atoms with Gasteiger partial charge in [0.15, 0.2) is 12.5 Å². The molecule has 0 aromatic carbocycles. The molecule has 0 N–H and O–H groups in total. The first kappa shape index (κ1) is 15.9. The normalized spacial score (nSPS) is 1.00. The summed E-state index contributed by atoms with van der Waals surface area (Å²) in [5, 5.41) is 0. The Morgan fingerprint density at radius 1 is 1.25 bits per heavy atom. The van der Waals surface area contributed by atoms with Gasteiger partial charge in [0.1, 0.15) is 0 Å². The van der Waals surface area contributed by atoms with Crippen LogP contribution in [0.4, 0.5) is 0 Å². The summed E-state index contributed by atoms with van der Waals surface area (Å²) in [5.74, 6) is 0. The van der Waals surface area contributed by atoms with Crippen LogP contribution in [0, 0.1) is 81.2 Å². The first-order chi connectivity index (χ1) is 1.00. The Bertz CT molecular complexity index is 8.00. The third-order valence-corrected chi connectivity index (χ3v) is 0. The number of hydrogen-bond acceptors (Lipinski definition) is 2. The van der Waals surface area contributed by atoms with Crippen molar-refractivity contribution in [1.29, 1.82) is 0 Å². The van der Waals surface area contributed by atoms with Gasteiger partial charge in [-0.25, -0.2) is 0 Å². The third kappa shape index (κ3) is 8.83. The van der Waals surface area contributed by atoms with E-state index in [2.05, 4.69) is 12.5 Å². The van der Waals surface area contributed by atoms with E-state index in [1.807, 2.05) is 0 Å². The zero-order valence-corrected chi connectivity index (χ0v) is 8.54. The summed E-state index contributed by atoms with van der Waals surface area (Å²) < 4.78 is 7.83. The van der Waals surface area contributed by atoms with Crippen molar-refractivity contribution in [2.45, 2.75) is 0 Å². The van der Waals surface area contributed by atoms with Gasteiger partial charge in [0, 0.05) is 81.2 Å². The fourth-order valence-corrected chi connectivity index (χ4v) is 0. The second kappa shape index (κ2) is 17.3. The Morgan fingerprint density at radius 3 is 1.25 bits per heavy atom. The molecule has 23 valence electrons. The van der Waals surface area contributed by atoms with E-state index in [0.717, 1.165) is 0 Å². The molecule has 0 aliphatic rings. The largest absolute Gasteiger partial charge is 0.197 e. The van der Waals surface area contributed by atoms with Gasteiger partial charge in [-0.3, -0.25) is 0 Å². The van der Waals surface area contributed by atoms with E-state index in [1.54, 1.807) is 0 Å². The smallest absolute Gasteiger partial charge is 0.197 e. The van der Waals surface area contributed by atoms with Crippen molar-refractivity contribution >= 4 is 12.5 Å². The van der Waals surface area contributed by atoms with Crippen LogP contribution < -0.4 is 0 Å².